The zero-order chi connectivity index (χ0) is 4.41. The molecule has 1 nitrogen and oxygen atoms in total. The molecule has 6 heavy (non-hydrogen) atoms. The molecule has 1 radical (unpaired) electrons. The quantitative estimate of drug-likeness (QED) is 0.460. The maximum Gasteiger partial charge on any atom is 0.0643 e. The summed E-state index contributed by atoms with van der Waals surface area (Å²) in [6.07, 6.45) is 1.98. The minimum atomic E-state index is 1.31. The molecular formula is C4H6NS. The number of nitrogens with one attached hydrogen (secondary N) is 1. The molecule has 0 aliphatic carbocycles. The third-order valence-corrected chi connectivity index (χ3v) is 1.34. The average molecular weight is 100 g/mol. The Morgan fingerprint density at radius 1 is 1.83 bits per heavy atom. The van der Waals surface area contributed by atoms with Gasteiger partial charge in [0, 0.05) is 6.20 Å². The largest absolute Gasteiger partial charge is 0.336 e. The molecule has 0 spiro atoms. The molecule has 0 aromatic heterocycles. The minimum Gasteiger partial charge on any atom is -0.336 e. The first-order chi connectivity index (χ1) is 2.89. The SMILES string of the molecule is CC1=CNS[CH]1. The van der Waals surface area contributed by atoms with Gasteiger partial charge in [0.05, 0.1) is 5.75 Å². The number of hydrogen-bond acceptors (Lipinski definition) is 2. The lowest BCUT2D eigenvalue weighted by molar-refractivity contribution is 1.39. The second-order valence-corrected chi connectivity index (χ2v) is 1.95. The summed E-state index contributed by atoms with van der Waals surface area (Å²) in [7, 11) is 0. The summed E-state index contributed by atoms with van der Waals surface area (Å²) < 4.78 is 2.97. The van der Waals surface area contributed by atoms with Crippen LogP contribution in [-0.2, 0) is 0 Å². The summed E-state index contributed by atoms with van der Waals surface area (Å²) in [4.78, 5) is 0. The molecule has 0 saturated carbocycles. The summed E-state index contributed by atoms with van der Waals surface area (Å²) in [5, 5.41) is 0. The van der Waals surface area contributed by atoms with Crippen molar-refractivity contribution >= 4 is 11.9 Å². The van der Waals surface area contributed by atoms with E-state index in [0.29, 0.717) is 0 Å². The van der Waals surface area contributed by atoms with Gasteiger partial charge >= 0.3 is 0 Å². The lowest BCUT2D eigenvalue weighted by atomic mass is 10.4. The molecule has 0 bridgehead atoms. The molecule has 0 atom stereocenters. The van der Waals surface area contributed by atoms with Gasteiger partial charge in [0.25, 0.3) is 0 Å². The summed E-state index contributed by atoms with van der Waals surface area (Å²) in [6.45, 7) is 2.06. The van der Waals surface area contributed by atoms with Crippen LogP contribution in [0.3, 0.4) is 0 Å². The summed E-state index contributed by atoms with van der Waals surface area (Å²) >= 11 is 1.61. The molecule has 0 saturated heterocycles. The third kappa shape index (κ3) is 0.684. The van der Waals surface area contributed by atoms with Crippen LogP contribution >= 0.6 is 11.9 Å². The Bertz CT molecular complexity index is 77.6. The van der Waals surface area contributed by atoms with Gasteiger partial charge in [-0.3, -0.25) is 0 Å². The van der Waals surface area contributed by atoms with Gasteiger partial charge in [-0.2, -0.15) is 0 Å². The maximum absolute atomic E-state index is 2.97. The van der Waals surface area contributed by atoms with Gasteiger partial charge in [-0.15, -0.1) is 0 Å². The zero-order valence-corrected chi connectivity index (χ0v) is 4.38. The minimum absolute atomic E-state index is 1.31. The van der Waals surface area contributed by atoms with E-state index in [4.69, 9.17) is 0 Å². The molecule has 33 valence electrons. The first-order valence-electron chi connectivity index (χ1n) is 1.81. The highest BCUT2D eigenvalue weighted by molar-refractivity contribution is 7.99. The Balaban J connectivity index is 2.45. The van der Waals surface area contributed by atoms with Crippen molar-refractivity contribution in [1.82, 2.24) is 4.72 Å². The first-order valence-corrected chi connectivity index (χ1v) is 2.69. The van der Waals surface area contributed by atoms with E-state index in [2.05, 4.69) is 17.4 Å². The highest BCUT2D eigenvalue weighted by Gasteiger charge is 1.95. The van der Waals surface area contributed by atoms with Crippen molar-refractivity contribution in [2.75, 3.05) is 0 Å². The van der Waals surface area contributed by atoms with E-state index in [9.17, 15) is 0 Å². The van der Waals surface area contributed by atoms with E-state index in [1.165, 1.54) is 5.57 Å². The molecule has 1 aliphatic rings. The monoisotopic (exact) mass is 100 g/mol. The fraction of sp³-hybridized carbons (Fsp3) is 0.250. The second kappa shape index (κ2) is 1.56. The smallest absolute Gasteiger partial charge is 0.0643 e. The molecular weight excluding hydrogens is 94.1 g/mol. The van der Waals surface area contributed by atoms with Crippen LogP contribution in [-0.4, -0.2) is 0 Å². The van der Waals surface area contributed by atoms with E-state index in [1.807, 2.05) is 6.20 Å². The van der Waals surface area contributed by atoms with Crippen LogP contribution in [0, 0.1) is 5.75 Å². The molecule has 1 N–H and O–H groups in total. The number of rotatable bonds is 0. The van der Waals surface area contributed by atoms with Gasteiger partial charge in [0.15, 0.2) is 0 Å². The molecule has 0 aromatic carbocycles. The van der Waals surface area contributed by atoms with Crippen molar-refractivity contribution in [1.29, 1.82) is 0 Å². The number of hydrogen-bond donors (Lipinski definition) is 1. The highest BCUT2D eigenvalue weighted by atomic mass is 32.2. The van der Waals surface area contributed by atoms with Crippen molar-refractivity contribution in [2.24, 2.45) is 0 Å². The van der Waals surface area contributed by atoms with Gasteiger partial charge in [0.1, 0.15) is 0 Å². The molecule has 0 fully saturated rings. The molecule has 1 rings (SSSR count). The van der Waals surface area contributed by atoms with Crippen molar-refractivity contribution in [3.8, 4) is 0 Å². The second-order valence-electron chi connectivity index (χ2n) is 1.24. The van der Waals surface area contributed by atoms with E-state index in [1.54, 1.807) is 11.9 Å². The van der Waals surface area contributed by atoms with E-state index in [-0.39, 0.29) is 0 Å². The van der Waals surface area contributed by atoms with Gasteiger partial charge in [0.2, 0.25) is 0 Å². The van der Waals surface area contributed by atoms with Crippen LogP contribution in [0.1, 0.15) is 6.92 Å². The van der Waals surface area contributed by atoms with Crippen molar-refractivity contribution < 1.29 is 0 Å². The topological polar surface area (TPSA) is 12.0 Å². The van der Waals surface area contributed by atoms with Crippen molar-refractivity contribution in [2.45, 2.75) is 6.92 Å². The average Bonchev–Trinajstić information content (AvgIpc) is 1.86. The van der Waals surface area contributed by atoms with Crippen LogP contribution in [0.2, 0.25) is 0 Å². The van der Waals surface area contributed by atoms with Crippen molar-refractivity contribution in [3.05, 3.63) is 17.5 Å². The fourth-order valence-corrected chi connectivity index (χ4v) is 0.864. The lowest BCUT2D eigenvalue weighted by Gasteiger charge is -1.78. The standard InChI is InChI=1S/C4H6NS/c1-4-2-5-6-3-4/h2-3,5H,1H3. The van der Waals surface area contributed by atoms with Gasteiger partial charge in [-0.1, -0.05) is 0 Å². The Morgan fingerprint density at radius 3 is 2.83 bits per heavy atom. The van der Waals surface area contributed by atoms with Crippen LogP contribution in [0.15, 0.2) is 11.8 Å². The Morgan fingerprint density at radius 2 is 2.67 bits per heavy atom. The molecule has 1 aliphatic heterocycles. The Labute approximate surface area is 41.9 Å². The molecule has 1 heterocycles. The van der Waals surface area contributed by atoms with Gasteiger partial charge < -0.3 is 4.72 Å². The Kier molecular flexibility index (Phi) is 1.05. The Hall–Kier alpha value is -0.110. The molecule has 0 aromatic rings. The normalized spacial score (nSPS) is 19.8. The van der Waals surface area contributed by atoms with Crippen LogP contribution in [0.4, 0.5) is 0 Å². The zero-order valence-electron chi connectivity index (χ0n) is 3.56. The lowest BCUT2D eigenvalue weighted by Crippen LogP contribution is -1.77. The summed E-state index contributed by atoms with van der Waals surface area (Å²) in [6, 6.07) is 0. The van der Waals surface area contributed by atoms with E-state index >= 15 is 0 Å². The van der Waals surface area contributed by atoms with Gasteiger partial charge in [-0.05, 0) is 24.4 Å². The highest BCUT2D eigenvalue weighted by Crippen LogP contribution is 2.14. The van der Waals surface area contributed by atoms with E-state index < -0.39 is 0 Å². The molecule has 0 unspecified atom stereocenters. The van der Waals surface area contributed by atoms with Crippen LogP contribution in [0.5, 0.6) is 0 Å². The van der Waals surface area contributed by atoms with Crippen LogP contribution < -0.4 is 4.72 Å². The summed E-state index contributed by atoms with van der Waals surface area (Å²) in [5.74, 6) is 2.07. The molecule has 0 amide bonds. The predicted octanol–water partition coefficient (Wildman–Crippen LogP) is 1.30. The van der Waals surface area contributed by atoms with Gasteiger partial charge in [-0.25, -0.2) is 0 Å². The fourth-order valence-electron chi connectivity index (χ4n) is 0.288. The molecule has 2 heteroatoms. The first kappa shape index (κ1) is 4.06. The predicted molar refractivity (Wildman–Crippen MR) is 28.8 cm³/mol. The third-order valence-electron chi connectivity index (χ3n) is 0.599. The van der Waals surface area contributed by atoms with Crippen LogP contribution in [0.25, 0.3) is 0 Å². The summed E-state index contributed by atoms with van der Waals surface area (Å²) in [5.41, 5.74) is 1.31. The van der Waals surface area contributed by atoms with E-state index in [0.717, 1.165) is 0 Å². The maximum atomic E-state index is 2.97. The van der Waals surface area contributed by atoms with Crippen molar-refractivity contribution in [3.63, 3.8) is 0 Å².